The zero-order valence-electron chi connectivity index (χ0n) is 10.6. The van der Waals surface area contributed by atoms with E-state index in [1.165, 1.54) is 6.92 Å². The summed E-state index contributed by atoms with van der Waals surface area (Å²) in [6.45, 7) is 0.838. The Morgan fingerprint density at radius 3 is 2.67 bits per heavy atom. The third-order valence-electron chi connectivity index (χ3n) is 2.62. The lowest BCUT2D eigenvalue weighted by Gasteiger charge is -2.11. The number of nitrogens with one attached hydrogen (secondary N) is 2. The Bertz CT molecular complexity index is 769. The van der Waals surface area contributed by atoms with E-state index in [1.807, 2.05) is 4.72 Å². The molecule has 1 aromatic heterocycles. The number of sulfonamides is 1. The molecule has 0 saturated heterocycles. The summed E-state index contributed by atoms with van der Waals surface area (Å²) in [6.07, 6.45) is 0. The molecule has 114 valence electrons. The first-order valence-electron chi connectivity index (χ1n) is 5.58. The second-order valence-corrected chi connectivity index (χ2v) is 6.61. The number of rotatable bonds is 4. The van der Waals surface area contributed by atoms with Gasteiger partial charge in [-0.05, 0) is 28.9 Å². The van der Waals surface area contributed by atoms with Crippen molar-refractivity contribution >= 4 is 31.6 Å². The van der Waals surface area contributed by atoms with Crippen molar-refractivity contribution in [3.63, 3.8) is 0 Å². The minimum absolute atomic E-state index is 0.0877. The van der Waals surface area contributed by atoms with E-state index < -0.39 is 34.0 Å². The average molecular weight is 382 g/mol. The van der Waals surface area contributed by atoms with Crippen molar-refractivity contribution in [2.45, 2.75) is 18.4 Å². The molecule has 0 amide bonds. The summed E-state index contributed by atoms with van der Waals surface area (Å²) in [6, 6.07) is 1.48. The van der Waals surface area contributed by atoms with Gasteiger partial charge in [0.2, 0.25) is 0 Å². The van der Waals surface area contributed by atoms with Crippen LogP contribution >= 0.6 is 15.9 Å². The Labute approximate surface area is 127 Å². The summed E-state index contributed by atoms with van der Waals surface area (Å²) in [5.74, 6) is -1.92. The lowest BCUT2D eigenvalue weighted by molar-refractivity contribution is 0.273. The molecule has 0 aliphatic carbocycles. The van der Waals surface area contributed by atoms with Crippen molar-refractivity contribution in [2.75, 3.05) is 4.72 Å². The van der Waals surface area contributed by atoms with Crippen molar-refractivity contribution in [2.24, 2.45) is 0 Å². The predicted molar refractivity (Wildman–Crippen MR) is 74.1 cm³/mol. The van der Waals surface area contributed by atoms with Crippen LogP contribution in [0.2, 0.25) is 0 Å². The normalized spacial score (nSPS) is 11.7. The second kappa shape index (κ2) is 5.70. The molecular weight excluding hydrogens is 372 g/mol. The molecule has 2 rings (SSSR count). The number of aromatic nitrogens is 2. The van der Waals surface area contributed by atoms with Crippen LogP contribution in [0.3, 0.4) is 0 Å². The van der Waals surface area contributed by atoms with Gasteiger partial charge in [-0.3, -0.25) is 9.82 Å². The van der Waals surface area contributed by atoms with Crippen molar-refractivity contribution in [3.05, 3.63) is 39.6 Å². The van der Waals surface area contributed by atoms with E-state index in [4.69, 9.17) is 5.11 Å². The van der Waals surface area contributed by atoms with Crippen LogP contribution < -0.4 is 4.72 Å². The van der Waals surface area contributed by atoms with Gasteiger partial charge in [0.15, 0.2) is 5.82 Å². The van der Waals surface area contributed by atoms with E-state index in [0.29, 0.717) is 6.07 Å². The van der Waals surface area contributed by atoms with Crippen LogP contribution in [0.25, 0.3) is 0 Å². The molecule has 10 heteroatoms. The van der Waals surface area contributed by atoms with Crippen LogP contribution in [0.5, 0.6) is 0 Å². The molecule has 1 aromatic carbocycles. The van der Waals surface area contributed by atoms with Gasteiger partial charge in [0.25, 0.3) is 10.0 Å². The van der Waals surface area contributed by atoms with E-state index >= 15 is 0 Å². The number of aromatic amines is 1. The molecule has 2 aromatic rings. The Balaban J connectivity index is 2.50. The van der Waals surface area contributed by atoms with E-state index in [0.717, 1.165) is 6.07 Å². The molecule has 21 heavy (non-hydrogen) atoms. The van der Waals surface area contributed by atoms with Gasteiger partial charge in [0.1, 0.15) is 16.4 Å². The van der Waals surface area contributed by atoms with Crippen LogP contribution in [-0.4, -0.2) is 23.7 Å². The van der Waals surface area contributed by atoms with Gasteiger partial charge in [0.05, 0.1) is 18.0 Å². The minimum atomic E-state index is -4.20. The van der Waals surface area contributed by atoms with Crippen LogP contribution in [0.4, 0.5) is 14.5 Å². The SMILES string of the molecule is Cc1[nH]nc(CO)c1S(=O)(=O)Nc1c(F)cc(F)cc1Br. The third kappa shape index (κ3) is 3.06. The van der Waals surface area contributed by atoms with Crippen LogP contribution in [0.1, 0.15) is 11.4 Å². The van der Waals surface area contributed by atoms with Crippen LogP contribution in [0.15, 0.2) is 21.5 Å². The zero-order chi connectivity index (χ0) is 15.8. The van der Waals surface area contributed by atoms with Gasteiger partial charge < -0.3 is 5.11 Å². The number of halogens is 3. The Morgan fingerprint density at radius 2 is 2.10 bits per heavy atom. The average Bonchev–Trinajstić information content (AvgIpc) is 2.76. The van der Waals surface area contributed by atoms with Gasteiger partial charge in [-0.15, -0.1) is 0 Å². The highest BCUT2D eigenvalue weighted by atomic mass is 79.9. The van der Waals surface area contributed by atoms with Gasteiger partial charge in [-0.2, -0.15) is 5.10 Å². The Kier molecular flexibility index (Phi) is 4.30. The quantitative estimate of drug-likeness (QED) is 0.755. The first kappa shape index (κ1) is 15.9. The predicted octanol–water partition coefficient (Wildman–Crippen LogP) is 2.05. The summed E-state index contributed by atoms with van der Waals surface area (Å²) in [7, 11) is -4.20. The summed E-state index contributed by atoms with van der Waals surface area (Å²) in [4.78, 5) is -0.277. The number of nitrogens with zero attached hydrogens (tertiary/aromatic N) is 1. The smallest absolute Gasteiger partial charge is 0.265 e. The standard InChI is InChI=1S/C11H10BrF2N3O3S/c1-5-11(9(4-18)16-15-5)21(19,20)17-10-7(12)2-6(13)3-8(10)14/h2-3,17-18H,4H2,1H3,(H,15,16). The summed E-state index contributed by atoms with van der Waals surface area (Å²) in [5.41, 5.74) is -0.343. The van der Waals surface area contributed by atoms with Gasteiger partial charge in [0, 0.05) is 10.5 Å². The number of H-pyrrole nitrogens is 1. The van der Waals surface area contributed by atoms with Crippen molar-refractivity contribution in [3.8, 4) is 0 Å². The van der Waals surface area contributed by atoms with Crippen LogP contribution in [-0.2, 0) is 16.6 Å². The monoisotopic (exact) mass is 381 g/mol. The van der Waals surface area contributed by atoms with Crippen molar-refractivity contribution in [1.29, 1.82) is 0 Å². The molecular formula is C11H10BrF2N3O3S. The molecule has 0 aliphatic rings. The van der Waals surface area contributed by atoms with Crippen LogP contribution in [0, 0.1) is 18.6 Å². The van der Waals surface area contributed by atoms with E-state index in [-0.39, 0.29) is 20.8 Å². The lowest BCUT2D eigenvalue weighted by Crippen LogP contribution is -2.16. The molecule has 0 saturated carbocycles. The number of aliphatic hydroxyl groups is 1. The maximum absolute atomic E-state index is 13.7. The summed E-state index contributed by atoms with van der Waals surface area (Å²) < 4.78 is 53.2. The molecule has 0 unspecified atom stereocenters. The molecule has 0 atom stereocenters. The highest BCUT2D eigenvalue weighted by Crippen LogP contribution is 2.30. The number of anilines is 1. The summed E-state index contributed by atoms with van der Waals surface area (Å²) >= 11 is 2.89. The largest absolute Gasteiger partial charge is 0.390 e. The molecule has 6 nitrogen and oxygen atoms in total. The van der Waals surface area contributed by atoms with E-state index in [1.54, 1.807) is 0 Å². The highest BCUT2D eigenvalue weighted by Gasteiger charge is 2.26. The van der Waals surface area contributed by atoms with Gasteiger partial charge >= 0.3 is 0 Å². The molecule has 3 N–H and O–H groups in total. The fourth-order valence-electron chi connectivity index (χ4n) is 1.76. The number of hydrogen-bond acceptors (Lipinski definition) is 4. The molecule has 0 radical (unpaired) electrons. The minimum Gasteiger partial charge on any atom is -0.390 e. The van der Waals surface area contributed by atoms with Crippen molar-refractivity contribution in [1.82, 2.24) is 10.2 Å². The number of benzene rings is 1. The van der Waals surface area contributed by atoms with Gasteiger partial charge in [-0.25, -0.2) is 17.2 Å². The second-order valence-electron chi connectivity index (χ2n) is 4.13. The maximum Gasteiger partial charge on any atom is 0.265 e. The first-order valence-corrected chi connectivity index (χ1v) is 7.86. The molecule has 1 heterocycles. The van der Waals surface area contributed by atoms with Crippen molar-refractivity contribution < 1.29 is 22.3 Å². The lowest BCUT2D eigenvalue weighted by atomic mass is 10.3. The first-order chi connectivity index (χ1) is 9.76. The van der Waals surface area contributed by atoms with E-state index in [2.05, 4.69) is 26.1 Å². The third-order valence-corrected chi connectivity index (χ3v) is 4.80. The Morgan fingerprint density at radius 1 is 1.43 bits per heavy atom. The molecule has 0 spiro atoms. The highest BCUT2D eigenvalue weighted by molar-refractivity contribution is 9.10. The fraction of sp³-hybridized carbons (Fsp3) is 0.182. The number of hydrogen-bond donors (Lipinski definition) is 3. The van der Waals surface area contributed by atoms with Gasteiger partial charge in [-0.1, -0.05) is 0 Å². The molecule has 0 bridgehead atoms. The zero-order valence-corrected chi connectivity index (χ0v) is 13.0. The fourth-order valence-corrected chi connectivity index (χ4v) is 3.84. The Hall–Kier alpha value is -1.52. The van der Waals surface area contributed by atoms with E-state index in [9.17, 15) is 17.2 Å². The molecule has 0 aliphatic heterocycles. The number of aryl methyl sites for hydroxylation is 1. The maximum atomic E-state index is 13.7. The molecule has 0 fully saturated rings. The topological polar surface area (TPSA) is 95.1 Å². The number of aliphatic hydroxyl groups excluding tert-OH is 1. The summed E-state index contributed by atoms with van der Waals surface area (Å²) in [5, 5.41) is 15.2.